The third kappa shape index (κ3) is 5.35. The number of rotatable bonds is 8. The Kier molecular flexibility index (Phi) is 7.40. The van der Waals surface area contributed by atoms with Crippen molar-refractivity contribution in [2.75, 3.05) is 25.5 Å². The fraction of sp³-hybridized carbons (Fsp3) is 0.684. The number of nitrogens with two attached hydrogens (primary N) is 1. The maximum atomic E-state index is 12.6. The van der Waals surface area contributed by atoms with Crippen LogP contribution in [0.5, 0.6) is 0 Å². The van der Waals surface area contributed by atoms with Crippen LogP contribution >= 0.6 is 0 Å². The van der Waals surface area contributed by atoms with Gasteiger partial charge in [-0.3, -0.25) is 9.36 Å². The van der Waals surface area contributed by atoms with Gasteiger partial charge in [0.15, 0.2) is 12.5 Å². The maximum Gasteiger partial charge on any atom is 0.351 e. The number of aromatic nitrogens is 2. The van der Waals surface area contributed by atoms with E-state index in [1.54, 1.807) is 0 Å². The number of hydrogen-bond donors (Lipinski definition) is 3. The molecule has 166 valence electrons. The Morgan fingerprint density at radius 2 is 2.30 bits per heavy atom. The Labute approximate surface area is 174 Å². The lowest BCUT2D eigenvalue weighted by Crippen LogP contribution is -2.51. The molecule has 3 rings (SSSR count). The van der Waals surface area contributed by atoms with Gasteiger partial charge in [-0.1, -0.05) is 20.3 Å². The molecule has 5 unspecified atom stereocenters. The van der Waals surface area contributed by atoms with Crippen molar-refractivity contribution in [2.24, 2.45) is 5.92 Å². The van der Waals surface area contributed by atoms with Crippen molar-refractivity contribution in [1.82, 2.24) is 20.2 Å². The van der Waals surface area contributed by atoms with Crippen LogP contribution in [-0.4, -0.2) is 59.6 Å². The zero-order valence-electron chi connectivity index (χ0n) is 17.2. The molecule has 0 spiro atoms. The van der Waals surface area contributed by atoms with Crippen molar-refractivity contribution in [1.29, 1.82) is 0 Å². The van der Waals surface area contributed by atoms with Crippen LogP contribution in [0.1, 0.15) is 39.3 Å². The summed E-state index contributed by atoms with van der Waals surface area (Å²) in [5.41, 5.74) is 4.93. The standard InChI is InChI=1S/C19H29N5O6/c1-3-11(2)16(23-17(25)12-5-4-7-21-12)18(26)29-10-15-28-9-14(30-15)24-8-6-13(20)22-19(24)27/h6,8,11-12,14-16,21H,3-5,7,9-10H2,1-2H3,(H,23,25)(H2,20,22,27). The van der Waals surface area contributed by atoms with Gasteiger partial charge in [-0.05, 0) is 31.4 Å². The number of nitrogen functional groups attached to an aromatic ring is 1. The highest BCUT2D eigenvalue weighted by atomic mass is 16.7. The molecular formula is C19H29N5O6. The first-order valence-corrected chi connectivity index (χ1v) is 10.2. The predicted octanol–water partition coefficient (Wildman–Crippen LogP) is -0.477. The van der Waals surface area contributed by atoms with E-state index in [2.05, 4.69) is 15.6 Å². The molecule has 11 nitrogen and oxygen atoms in total. The average Bonchev–Trinajstić information content (AvgIpc) is 3.41. The monoisotopic (exact) mass is 423 g/mol. The summed E-state index contributed by atoms with van der Waals surface area (Å²) in [7, 11) is 0. The first-order valence-electron chi connectivity index (χ1n) is 10.2. The van der Waals surface area contributed by atoms with Crippen LogP contribution in [0.25, 0.3) is 0 Å². The number of esters is 1. The fourth-order valence-electron chi connectivity index (χ4n) is 3.39. The molecule has 2 aliphatic heterocycles. The van der Waals surface area contributed by atoms with Crippen molar-refractivity contribution in [3.05, 3.63) is 22.7 Å². The Balaban J connectivity index is 1.53. The third-order valence-electron chi connectivity index (χ3n) is 5.40. The second-order valence-electron chi connectivity index (χ2n) is 7.55. The van der Waals surface area contributed by atoms with Gasteiger partial charge < -0.3 is 30.6 Å². The first-order chi connectivity index (χ1) is 14.4. The maximum absolute atomic E-state index is 12.6. The van der Waals surface area contributed by atoms with E-state index in [0.717, 1.165) is 19.4 Å². The zero-order valence-corrected chi connectivity index (χ0v) is 17.2. The minimum absolute atomic E-state index is 0.0968. The highest BCUT2D eigenvalue weighted by molar-refractivity contribution is 5.87. The summed E-state index contributed by atoms with van der Waals surface area (Å²) < 4.78 is 17.7. The van der Waals surface area contributed by atoms with Crippen LogP contribution in [0.3, 0.4) is 0 Å². The number of carbonyl (C=O) groups is 2. The van der Waals surface area contributed by atoms with Gasteiger partial charge in [-0.15, -0.1) is 0 Å². The van der Waals surface area contributed by atoms with E-state index in [9.17, 15) is 14.4 Å². The molecule has 1 amide bonds. The molecule has 0 aliphatic carbocycles. The summed E-state index contributed by atoms with van der Waals surface area (Å²) in [4.78, 5) is 40.6. The van der Waals surface area contributed by atoms with Crippen LogP contribution < -0.4 is 22.1 Å². The topological polar surface area (TPSA) is 147 Å². The second kappa shape index (κ2) is 10.0. The summed E-state index contributed by atoms with van der Waals surface area (Å²) >= 11 is 0. The molecule has 1 aromatic rings. The number of nitrogens with zero attached hydrogens (tertiary/aromatic N) is 2. The molecule has 2 aliphatic rings. The van der Waals surface area contributed by atoms with Crippen molar-refractivity contribution >= 4 is 17.7 Å². The average molecular weight is 423 g/mol. The number of nitrogens with one attached hydrogen (secondary N) is 2. The number of amides is 1. The van der Waals surface area contributed by atoms with Gasteiger partial charge in [0.05, 0.1) is 12.6 Å². The summed E-state index contributed by atoms with van der Waals surface area (Å²) in [5, 5.41) is 5.93. The van der Waals surface area contributed by atoms with Gasteiger partial charge in [-0.25, -0.2) is 9.59 Å². The van der Waals surface area contributed by atoms with Gasteiger partial charge in [0.1, 0.15) is 18.5 Å². The van der Waals surface area contributed by atoms with E-state index in [-0.39, 0.29) is 36.9 Å². The van der Waals surface area contributed by atoms with Crippen molar-refractivity contribution in [3.8, 4) is 0 Å². The SMILES string of the molecule is CCC(C)C(NC(=O)C1CCCN1)C(=O)OCC1OCC(n2ccc(N)nc2=O)O1. The first kappa shape index (κ1) is 22.2. The zero-order chi connectivity index (χ0) is 21.7. The quantitative estimate of drug-likeness (QED) is 0.472. The Bertz CT molecular complexity index is 809. The molecule has 0 radical (unpaired) electrons. The molecule has 30 heavy (non-hydrogen) atoms. The van der Waals surface area contributed by atoms with E-state index in [1.807, 2.05) is 13.8 Å². The van der Waals surface area contributed by atoms with Gasteiger partial charge in [-0.2, -0.15) is 4.98 Å². The van der Waals surface area contributed by atoms with Crippen LogP contribution in [0.2, 0.25) is 0 Å². The van der Waals surface area contributed by atoms with Gasteiger partial charge >= 0.3 is 11.7 Å². The Morgan fingerprint density at radius 3 is 2.97 bits per heavy atom. The van der Waals surface area contributed by atoms with Crippen molar-refractivity contribution in [3.63, 3.8) is 0 Å². The van der Waals surface area contributed by atoms with E-state index in [4.69, 9.17) is 19.9 Å². The van der Waals surface area contributed by atoms with E-state index < -0.39 is 30.2 Å². The largest absolute Gasteiger partial charge is 0.459 e. The molecule has 0 aromatic carbocycles. The molecule has 3 heterocycles. The van der Waals surface area contributed by atoms with Crippen LogP contribution in [0.15, 0.2) is 17.1 Å². The van der Waals surface area contributed by atoms with Crippen LogP contribution in [-0.2, 0) is 23.8 Å². The Hall–Kier alpha value is -2.50. The van der Waals surface area contributed by atoms with Gasteiger partial charge in [0, 0.05) is 6.20 Å². The van der Waals surface area contributed by atoms with E-state index in [0.29, 0.717) is 6.42 Å². The van der Waals surface area contributed by atoms with Crippen molar-refractivity contribution < 1.29 is 23.8 Å². The molecule has 1 aromatic heterocycles. The fourth-order valence-corrected chi connectivity index (χ4v) is 3.39. The highest BCUT2D eigenvalue weighted by Gasteiger charge is 2.33. The molecule has 2 saturated heterocycles. The summed E-state index contributed by atoms with van der Waals surface area (Å²) in [5.74, 6) is -0.719. The minimum atomic E-state index is -0.826. The second-order valence-corrected chi connectivity index (χ2v) is 7.55. The van der Waals surface area contributed by atoms with Gasteiger partial charge in [0.25, 0.3) is 0 Å². The summed E-state index contributed by atoms with van der Waals surface area (Å²) in [6, 6.07) is 0.445. The van der Waals surface area contributed by atoms with E-state index in [1.165, 1.54) is 16.8 Å². The smallest absolute Gasteiger partial charge is 0.351 e. The van der Waals surface area contributed by atoms with Gasteiger partial charge in [0.2, 0.25) is 5.91 Å². The Morgan fingerprint density at radius 1 is 1.50 bits per heavy atom. The normalized spacial score (nSPS) is 25.6. The van der Waals surface area contributed by atoms with E-state index >= 15 is 0 Å². The molecule has 2 fully saturated rings. The number of hydrogen-bond acceptors (Lipinski definition) is 9. The summed E-state index contributed by atoms with van der Waals surface area (Å²) in [6.45, 7) is 4.56. The highest BCUT2D eigenvalue weighted by Crippen LogP contribution is 2.20. The number of carbonyl (C=O) groups excluding carboxylic acids is 2. The number of anilines is 1. The molecule has 11 heteroatoms. The molecule has 5 atom stereocenters. The molecule has 0 saturated carbocycles. The lowest BCUT2D eigenvalue weighted by molar-refractivity contribution is -0.163. The lowest BCUT2D eigenvalue weighted by Gasteiger charge is -2.24. The molecule has 4 N–H and O–H groups in total. The van der Waals surface area contributed by atoms with Crippen molar-refractivity contribution in [2.45, 2.75) is 57.7 Å². The lowest BCUT2D eigenvalue weighted by atomic mass is 9.98. The predicted molar refractivity (Wildman–Crippen MR) is 106 cm³/mol. The minimum Gasteiger partial charge on any atom is -0.459 e. The van der Waals surface area contributed by atoms with Crippen LogP contribution in [0, 0.1) is 5.92 Å². The molecular weight excluding hydrogens is 394 g/mol. The number of ether oxygens (including phenoxy) is 3. The van der Waals surface area contributed by atoms with Crippen LogP contribution in [0.4, 0.5) is 5.82 Å². The third-order valence-corrected chi connectivity index (χ3v) is 5.40. The summed E-state index contributed by atoms with van der Waals surface area (Å²) in [6.07, 6.45) is 2.34. The molecule has 0 bridgehead atoms.